The third-order valence-corrected chi connectivity index (χ3v) is 4.83. The molecule has 3 atom stereocenters. The van der Waals surface area contributed by atoms with Crippen LogP contribution in [0.1, 0.15) is 45.9 Å². The second-order valence-corrected chi connectivity index (χ2v) is 6.86. The molecule has 0 saturated heterocycles. The Labute approximate surface area is 156 Å². The number of amides is 2. The quantitative estimate of drug-likeness (QED) is 0.713. The van der Waals surface area contributed by atoms with Crippen molar-refractivity contribution in [3.05, 3.63) is 52.3 Å². The molecule has 26 heavy (non-hydrogen) atoms. The topological polar surface area (TPSA) is 96.3 Å². The Kier molecular flexibility index (Phi) is 5.29. The number of aliphatic hydroxyl groups excluding tert-OH is 1. The number of rotatable bonds is 6. The molecule has 8 heteroatoms. The van der Waals surface area contributed by atoms with Gasteiger partial charge in [0.1, 0.15) is 5.69 Å². The van der Waals surface area contributed by atoms with Gasteiger partial charge in [0.2, 0.25) is 0 Å². The van der Waals surface area contributed by atoms with Crippen LogP contribution >= 0.6 is 11.6 Å². The molecule has 138 valence electrons. The molecule has 1 aromatic heterocycles. The SMILES string of the molecule is CNC(=O)c1cc(C(=O)N[C@H]2C[C@@H]2CO)n([C@@H](C)c2cccc(Cl)c2)n1. The molecule has 2 amide bonds. The Hall–Kier alpha value is -2.38. The van der Waals surface area contributed by atoms with Crippen molar-refractivity contribution in [2.24, 2.45) is 5.92 Å². The molecule has 0 radical (unpaired) electrons. The summed E-state index contributed by atoms with van der Waals surface area (Å²) in [6.07, 6.45) is 0.753. The minimum absolute atomic E-state index is 0.0409. The number of nitrogens with zero attached hydrogens (tertiary/aromatic N) is 2. The minimum Gasteiger partial charge on any atom is -0.396 e. The van der Waals surface area contributed by atoms with Gasteiger partial charge in [-0.2, -0.15) is 5.10 Å². The Morgan fingerprint density at radius 2 is 2.15 bits per heavy atom. The van der Waals surface area contributed by atoms with Crippen molar-refractivity contribution >= 4 is 23.4 Å². The molecule has 0 bridgehead atoms. The zero-order valence-electron chi connectivity index (χ0n) is 14.6. The summed E-state index contributed by atoms with van der Waals surface area (Å²) in [5.41, 5.74) is 1.33. The average Bonchev–Trinajstić information content (AvgIpc) is 3.24. The Bertz CT molecular complexity index is 836. The molecular formula is C18H21ClN4O3. The maximum Gasteiger partial charge on any atom is 0.271 e. The highest BCUT2D eigenvalue weighted by molar-refractivity contribution is 6.30. The molecule has 7 nitrogen and oxygen atoms in total. The van der Waals surface area contributed by atoms with E-state index in [2.05, 4.69) is 15.7 Å². The maximum absolute atomic E-state index is 12.7. The molecule has 1 fully saturated rings. The van der Waals surface area contributed by atoms with Gasteiger partial charge < -0.3 is 15.7 Å². The first kappa shape index (κ1) is 18.4. The largest absolute Gasteiger partial charge is 0.396 e. The third-order valence-electron chi connectivity index (χ3n) is 4.60. The lowest BCUT2D eigenvalue weighted by Gasteiger charge is -2.16. The van der Waals surface area contributed by atoms with Crippen molar-refractivity contribution in [2.75, 3.05) is 13.7 Å². The van der Waals surface area contributed by atoms with Crippen LogP contribution in [0.4, 0.5) is 0 Å². The van der Waals surface area contributed by atoms with Gasteiger partial charge in [0.15, 0.2) is 5.69 Å². The van der Waals surface area contributed by atoms with Crippen LogP contribution in [-0.4, -0.2) is 46.4 Å². The van der Waals surface area contributed by atoms with Gasteiger partial charge in [0.05, 0.1) is 6.04 Å². The van der Waals surface area contributed by atoms with Crippen molar-refractivity contribution in [1.82, 2.24) is 20.4 Å². The van der Waals surface area contributed by atoms with Crippen LogP contribution < -0.4 is 10.6 Å². The van der Waals surface area contributed by atoms with Crippen molar-refractivity contribution in [2.45, 2.75) is 25.4 Å². The van der Waals surface area contributed by atoms with E-state index in [1.807, 2.05) is 19.1 Å². The standard InChI is InChI=1S/C18H21ClN4O3/c1-10(11-4-3-5-13(19)6-11)23-16(8-15(22-23)17(25)20-2)18(26)21-14-7-12(14)9-24/h3-6,8,10,12,14,24H,7,9H2,1-2H3,(H,20,25)(H,21,26)/t10-,12+,14-/m0/s1. The monoisotopic (exact) mass is 376 g/mol. The van der Waals surface area contributed by atoms with Crippen LogP contribution in [0, 0.1) is 5.92 Å². The van der Waals surface area contributed by atoms with E-state index in [-0.39, 0.29) is 42.1 Å². The Morgan fingerprint density at radius 1 is 1.38 bits per heavy atom. The van der Waals surface area contributed by atoms with Crippen molar-refractivity contribution in [1.29, 1.82) is 0 Å². The van der Waals surface area contributed by atoms with Crippen LogP contribution in [0.15, 0.2) is 30.3 Å². The molecule has 1 aliphatic rings. The van der Waals surface area contributed by atoms with Gasteiger partial charge in [0.25, 0.3) is 11.8 Å². The van der Waals surface area contributed by atoms with Gasteiger partial charge in [-0.15, -0.1) is 0 Å². The fraction of sp³-hybridized carbons (Fsp3) is 0.389. The predicted octanol–water partition coefficient (Wildman–Crippen LogP) is 1.62. The fourth-order valence-corrected chi connectivity index (χ4v) is 3.07. The molecule has 1 heterocycles. The number of benzene rings is 1. The van der Waals surface area contributed by atoms with Gasteiger partial charge in [-0.1, -0.05) is 23.7 Å². The number of hydrogen-bond acceptors (Lipinski definition) is 4. The van der Waals surface area contributed by atoms with E-state index < -0.39 is 0 Å². The van der Waals surface area contributed by atoms with E-state index in [0.29, 0.717) is 10.7 Å². The van der Waals surface area contributed by atoms with Gasteiger partial charge >= 0.3 is 0 Å². The Balaban J connectivity index is 1.93. The molecule has 3 N–H and O–H groups in total. The smallest absolute Gasteiger partial charge is 0.271 e. The van der Waals surface area contributed by atoms with Crippen LogP contribution in [-0.2, 0) is 0 Å². The number of aromatic nitrogens is 2. The highest BCUT2D eigenvalue weighted by Gasteiger charge is 2.38. The maximum atomic E-state index is 12.7. The van der Waals surface area contributed by atoms with E-state index in [9.17, 15) is 9.59 Å². The van der Waals surface area contributed by atoms with Gasteiger partial charge in [0, 0.05) is 36.7 Å². The van der Waals surface area contributed by atoms with Gasteiger partial charge in [-0.05, 0) is 31.0 Å². The zero-order valence-corrected chi connectivity index (χ0v) is 15.3. The summed E-state index contributed by atoms with van der Waals surface area (Å²) in [5, 5.41) is 19.5. The lowest BCUT2D eigenvalue weighted by molar-refractivity contribution is 0.0932. The number of hydrogen-bond donors (Lipinski definition) is 3. The normalized spacial score (nSPS) is 19.7. The highest BCUT2D eigenvalue weighted by atomic mass is 35.5. The van der Waals surface area contributed by atoms with E-state index in [4.69, 9.17) is 16.7 Å². The summed E-state index contributed by atoms with van der Waals surface area (Å²) in [4.78, 5) is 24.7. The summed E-state index contributed by atoms with van der Waals surface area (Å²) >= 11 is 6.07. The van der Waals surface area contributed by atoms with Crippen LogP contribution in [0.25, 0.3) is 0 Å². The summed E-state index contributed by atoms with van der Waals surface area (Å²) in [6.45, 7) is 1.93. The molecule has 0 unspecified atom stereocenters. The summed E-state index contributed by atoms with van der Waals surface area (Å²) in [6, 6.07) is 8.44. The number of carbonyl (C=O) groups is 2. The summed E-state index contributed by atoms with van der Waals surface area (Å²) in [7, 11) is 1.51. The zero-order chi connectivity index (χ0) is 18.8. The average molecular weight is 377 g/mol. The molecule has 1 saturated carbocycles. The number of nitrogens with one attached hydrogen (secondary N) is 2. The van der Waals surface area contributed by atoms with Gasteiger partial charge in [-0.25, -0.2) is 0 Å². The number of carbonyl (C=O) groups excluding carboxylic acids is 2. The highest BCUT2D eigenvalue weighted by Crippen LogP contribution is 2.30. The lowest BCUT2D eigenvalue weighted by Crippen LogP contribution is -2.30. The van der Waals surface area contributed by atoms with Crippen LogP contribution in [0.2, 0.25) is 5.02 Å². The first-order valence-corrected chi connectivity index (χ1v) is 8.81. The first-order valence-electron chi connectivity index (χ1n) is 8.43. The number of halogens is 1. The third kappa shape index (κ3) is 3.73. The molecule has 3 rings (SSSR count). The van der Waals surface area contributed by atoms with E-state index in [1.165, 1.54) is 17.8 Å². The van der Waals surface area contributed by atoms with Crippen molar-refractivity contribution < 1.29 is 14.7 Å². The van der Waals surface area contributed by atoms with E-state index in [1.54, 1.807) is 12.1 Å². The van der Waals surface area contributed by atoms with Crippen molar-refractivity contribution in [3.63, 3.8) is 0 Å². The first-order chi connectivity index (χ1) is 12.4. The fourth-order valence-electron chi connectivity index (χ4n) is 2.87. The van der Waals surface area contributed by atoms with Crippen LogP contribution in [0.3, 0.4) is 0 Å². The molecule has 0 aliphatic heterocycles. The summed E-state index contributed by atoms with van der Waals surface area (Å²) < 4.78 is 1.53. The van der Waals surface area contributed by atoms with E-state index in [0.717, 1.165) is 12.0 Å². The van der Waals surface area contributed by atoms with Crippen molar-refractivity contribution in [3.8, 4) is 0 Å². The van der Waals surface area contributed by atoms with E-state index >= 15 is 0 Å². The minimum atomic E-state index is -0.365. The second kappa shape index (κ2) is 7.47. The Morgan fingerprint density at radius 3 is 2.77 bits per heavy atom. The lowest BCUT2D eigenvalue weighted by atomic mass is 10.1. The second-order valence-electron chi connectivity index (χ2n) is 6.43. The summed E-state index contributed by atoms with van der Waals surface area (Å²) in [5.74, 6) is -0.586. The predicted molar refractivity (Wildman–Crippen MR) is 97.3 cm³/mol. The number of aliphatic hydroxyl groups is 1. The molecule has 2 aromatic rings. The van der Waals surface area contributed by atoms with Crippen LogP contribution in [0.5, 0.6) is 0 Å². The molecule has 0 spiro atoms. The molecule has 1 aromatic carbocycles. The molecule has 1 aliphatic carbocycles. The molecular weight excluding hydrogens is 356 g/mol. The van der Waals surface area contributed by atoms with Gasteiger partial charge in [-0.3, -0.25) is 14.3 Å².